The van der Waals surface area contributed by atoms with Crippen LogP contribution in [0.5, 0.6) is 0 Å². The van der Waals surface area contributed by atoms with Gasteiger partial charge in [0.2, 0.25) is 0 Å². The fraction of sp³-hybridized carbons (Fsp3) is 0.667. The van der Waals surface area contributed by atoms with E-state index in [1.165, 1.54) is 6.42 Å². The second-order valence-electron chi connectivity index (χ2n) is 3.70. The van der Waals surface area contributed by atoms with E-state index >= 15 is 0 Å². The molecule has 0 aliphatic heterocycles. The molecule has 0 fully saturated rings. The Morgan fingerprint density at radius 2 is 2.12 bits per heavy atom. The number of nitrogens with one attached hydrogen (secondary N) is 1. The van der Waals surface area contributed by atoms with E-state index < -0.39 is 0 Å². The molecule has 0 aromatic carbocycles. The molecule has 1 rings (SSSR count). The molecule has 92 valence electrons. The van der Waals surface area contributed by atoms with Gasteiger partial charge in [0.05, 0.1) is 6.54 Å². The standard InChI is InChI=1S/C12H20ClNO2/c1-2-3-8-15-9-4-7-14-10-11-5-6-12(13)16-11/h5-6,14H,2-4,7-10H2,1H3. The van der Waals surface area contributed by atoms with Crippen molar-refractivity contribution >= 4 is 11.6 Å². The molecule has 0 amide bonds. The molecule has 0 aliphatic carbocycles. The number of rotatable bonds is 9. The summed E-state index contributed by atoms with van der Waals surface area (Å²) in [6.07, 6.45) is 3.37. The van der Waals surface area contributed by atoms with Crippen LogP contribution in [0.25, 0.3) is 0 Å². The van der Waals surface area contributed by atoms with Crippen LogP contribution in [0, 0.1) is 0 Å². The fourth-order valence-electron chi connectivity index (χ4n) is 1.31. The molecular weight excluding hydrogens is 226 g/mol. The van der Waals surface area contributed by atoms with Crippen molar-refractivity contribution in [2.75, 3.05) is 19.8 Å². The first-order valence-corrected chi connectivity index (χ1v) is 6.23. The molecule has 4 heteroatoms. The zero-order chi connectivity index (χ0) is 11.6. The summed E-state index contributed by atoms with van der Waals surface area (Å²) in [5.41, 5.74) is 0. The van der Waals surface area contributed by atoms with Crippen molar-refractivity contribution in [3.8, 4) is 0 Å². The molecule has 3 nitrogen and oxygen atoms in total. The van der Waals surface area contributed by atoms with Gasteiger partial charge in [-0.05, 0) is 43.1 Å². The van der Waals surface area contributed by atoms with Crippen molar-refractivity contribution in [3.63, 3.8) is 0 Å². The van der Waals surface area contributed by atoms with Gasteiger partial charge in [-0.1, -0.05) is 13.3 Å². The van der Waals surface area contributed by atoms with Gasteiger partial charge >= 0.3 is 0 Å². The number of hydrogen-bond acceptors (Lipinski definition) is 3. The molecule has 0 unspecified atom stereocenters. The second-order valence-corrected chi connectivity index (χ2v) is 4.07. The van der Waals surface area contributed by atoms with E-state index in [-0.39, 0.29) is 0 Å². The predicted octanol–water partition coefficient (Wildman–Crippen LogP) is 3.23. The lowest BCUT2D eigenvalue weighted by molar-refractivity contribution is 0.128. The molecule has 0 saturated heterocycles. The van der Waals surface area contributed by atoms with Crippen LogP contribution in [0.4, 0.5) is 0 Å². The molecule has 0 saturated carbocycles. The molecule has 0 aliphatic rings. The van der Waals surface area contributed by atoms with Crippen LogP contribution < -0.4 is 5.32 Å². The molecule has 0 bridgehead atoms. The van der Waals surface area contributed by atoms with E-state index in [1.807, 2.05) is 6.07 Å². The maximum absolute atomic E-state index is 5.66. The lowest BCUT2D eigenvalue weighted by atomic mass is 10.3. The summed E-state index contributed by atoms with van der Waals surface area (Å²) in [5, 5.41) is 3.72. The Hall–Kier alpha value is -0.510. The largest absolute Gasteiger partial charge is 0.448 e. The maximum atomic E-state index is 5.66. The Morgan fingerprint density at radius 3 is 2.81 bits per heavy atom. The van der Waals surface area contributed by atoms with Crippen LogP contribution in [-0.2, 0) is 11.3 Å². The summed E-state index contributed by atoms with van der Waals surface area (Å²) >= 11 is 5.66. The Labute approximate surface area is 102 Å². The highest BCUT2D eigenvalue weighted by molar-refractivity contribution is 6.28. The highest BCUT2D eigenvalue weighted by Gasteiger charge is 1.98. The smallest absolute Gasteiger partial charge is 0.193 e. The van der Waals surface area contributed by atoms with Crippen LogP contribution in [-0.4, -0.2) is 19.8 Å². The van der Waals surface area contributed by atoms with Crippen LogP contribution in [0.2, 0.25) is 5.22 Å². The van der Waals surface area contributed by atoms with Crippen molar-refractivity contribution in [2.24, 2.45) is 0 Å². The Morgan fingerprint density at radius 1 is 1.31 bits per heavy atom. The summed E-state index contributed by atoms with van der Waals surface area (Å²) < 4.78 is 10.7. The Balaban J connectivity index is 1.88. The van der Waals surface area contributed by atoms with Gasteiger partial charge in [-0.3, -0.25) is 0 Å². The van der Waals surface area contributed by atoms with E-state index in [1.54, 1.807) is 6.07 Å². The molecule has 0 atom stereocenters. The van der Waals surface area contributed by atoms with Gasteiger partial charge < -0.3 is 14.5 Å². The first kappa shape index (κ1) is 13.6. The number of furan rings is 1. The fourth-order valence-corrected chi connectivity index (χ4v) is 1.47. The minimum Gasteiger partial charge on any atom is -0.448 e. The SMILES string of the molecule is CCCCOCCCNCc1ccc(Cl)o1. The molecule has 1 aromatic heterocycles. The van der Waals surface area contributed by atoms with Crippen LogP contribution in [0.15, 0.2) is 16.5 Å². The number of hydrogen-bond donors (Lipinski definition) is 1. The highest BCUT2D eigenvalue weighted by Crippen LogP contribution is 2.12. The highest BCUT2D eigenvalue weighted by atomic mass is 35.5. The minimum absolute atomic E-state index is 0.444. The quantitative estimate of drug-likeness (QED) is 0.679. The summed E-state index contributed by atoms with van der Waals surface area (Å²) in [6, 6.07) is 3.64. The summed E-state index contributed by atoms with van der Waals surface area (Å²) in [7, 11) is 0. The third-order valence-corrected chi connectivity index (χ3v) is 2.42. The van der Waals surface area contributed by atoms with Gasteiger partial charge in [-0.25, -0.2) is 0 Å². The lowest BCUT2D eigenvalue weighted by Gasteiger charge is -2.04. The lowest BCUT2D eigenvalue weighted by Crippen LogP contribution is -2.16. The number of ether oxygens (including phenoxy) is 1. The normalized spacial score (nSPS) is 10.9. The summed E-state index contributed by atoms with van der Waals surface area (Å²) in [4.78, 5) is 0. The van der Waals surface area contributed by atoms with Gasteiger partial charge in [-0.15, -0.1) is 0 Å². The zero-order valence-electron chi connectivity index (χ0n) is 9.80. The third-order valence-electron chi connectivity index (χ3n) is 2.21. The molecule has 1 aromatic rings. The van der Waals surface area contributed by atoms with Gasteiger partial charge in [-0.2, -0.15) is 0 Å². The maximum Gasteiger partial charge on any atom is 0.193 e. The van der Waals surface area contributed by atoms with Gasteiger partial charge in [0.1, 0.15) is 5.76 Å². The van der Waals surface area contributed by atoms with E-state index in [2.05, 4.69) is 12.2 Å². The molecular formula is C12H20ClNO2. The monoisotopic (exact) mass is 245 g/mol. The van der Waals surface area contributed by atoms with E-state index in [4.69, 9.17) is 20.8 Å². The summed E-state index contributed by atoms with van der Waals surface area (Å²) in [5.74, 6) is 0.872. The first-order valence-electron chi connectivity index (χ1n) is 5.85. The van der Waals surface area contributed by atoms with E-state index in [9.17, 15) is 0 Å². The predicted molar refractivity (Wildman–Crippen MR) is 65.8 cm³/mol. The first-order chi connectivity index (χ1) is 7.83. The van der Waals surface area contributed by atoms with Gasteiger partial charge in [0.15, 0.2) is 5.22 Å². The van der Waals surface area contributed by atoms with Gasteiger partial charge in [0.25, 0.3) is 0 Å². The number of unbranched alkanes of at least 4 members (excludes halogenated alkanes) is 1. The van der Waals surface area contributed by atoms with Crippen LogP contribution >= 0.6 is 11.6 Å². The molecule has 16 heavy (non-hydrogen) atoms. The van der Waals surface area contributed by atoms with Crippen molar-refractivity contribution in [1.29, 1.82) is 0 Å². The van der Waals surface area contributed by atoms with Crippen molar-refractivity contribution in [1.82, 2.24) is 5.32 Å². The molecule has 1 N–H and O–H groups in total. The van der Waals surface area contributed by atoms with Crippen molar-refractivity contribution in [3.05, 3.63) is 23.1 Å². The van der Waals surface area contributed by atoms with Crippen molar-refractivity contribution < 1.29 is 9.15 Å². The molecule has 0 radical (unpaired) electrons. The van der Waals surface area contributed by atoms with Crippen LogP contribution in [0.3, 0.4) is 0 Å². The average molecular weight is 246 g/mol. The third kappa shape index (κ3) is 6.16. The second kappa shape index (κ2) is 8.62. The number of halogens is 1. The van der Waals surface area contributed by atoms with Crippen molar-refractivity contribution in [2.45, 2.75) is 32.7 Å². The van der Waals surface area contributed by atoms with Crippen LogP contribution in [0.1, 0.15) is 31.9 Å². The Kier molecular flexibility index (Phi) is 7.30. The van der Waals surface area contributed by atoms with E-state index in [0.717, 1.165) is 44.9 Å². The van der Waals surface area contributed by atoms with Gasteiger partial charge in [0, 0.05) is 13.2 Å². The molecule has 0 spiro atoms. The molecule has 1 heterocycles. The topological polar surface area (TPSA) is 34.4 Å². The summed E-state index contributed by atoms with van der Waals surface area (Å²) in [6.45, 7) is 5.53. The minimum atomic E-state index is 0.444. The zero-order valence-corrected chi connectivity index (χ0v) is 10.6. The Bertz CT molecular complexity index is 276. The average Bonchev–Trinajstić information content (AvgIpc) is 2.68. The van der Waals surface area contributed by atoms with E-state index in [0.29, 0.717) is 5.22 Å².